The van der Waals surface area contributed by atoms with Gasteiger partial charge in [-0.3, -0.25) is 4.79 Å². The maximum Gasteiger partial charge on any atom is 0.260 e. The molecule has 0 saturated carbocycles. The molecule has 0 aliphatic carbocycles. The highest BCUT2D eigenvalue weighted by molar-refractivity contribution is 7.89. The summed E-state index contributed by atoms with van der Waals surface area (Å²) >= 11 is 0. The minimum Gasteiger partial charge on any atom is -0.372 e. The third-order valence-electron chi connectivity index (χ3n) is 5.25. The average Bonchev–Trinajstić information content (AvgIpc) is 3.30. The number of rotatable bonds is 9. The van der Waals surface area contributed by atoms with Crippen LogP contribution >= 0.6 is 0 Å². The van der Waals surface area contributed by atoms with Crippen molar-refractivity contribution in [1.29, 1.82) is 0 Å². The number of nitrogens with zero attached hydrogens (tertiary/aromatic N) is 3. The van der Waals surface area contributed by atoms with E-state index in [2.05, 4.69) is 39.2 Å². The second-order valence-electron chi connectivity index (χ2n) is 7.18. The van der Waals surface area contributed by atoms with Crippen molar-refractivity contribution in [1.82, 2.24) is 19.6 Å². The van der Waals surface area contributed by atoms with Crippen molar-refractivity contribution in [2.24, 2.45) is 5.92 Å². The van der Waals surface area contributed by atoms with Gasteiger partial charge in [0.25, 0.3) is 10.0 Å². The number of para-hydroxylation sites is 1. The molecule has 2 heterocycles. The van der Waals surface area contributed by atoms with Crippen molar-refractivity contribution in [3.8, 4) is 0 Å². The highest BCUT2D eigenvalue weighted by Crippen LogP contribution is 2.22. The first-order valence-electron chi connectivity index (χ1n) is 10.1. The van der Waals surface area contributed by atoms with Crippen LogP contribution in [0.25, 0.3) is 0 Å². The molecular weight excluding hydrogens is 390 g/mol. The topological polar surface area (TPSA) is 98.4 Å². The van der Waals surface area contributed by atoms with E-state index in [1.807, 2.05) is 18.2 Å². The highest BCUT2D eigenvalue weighted by atomic mass is 32.2. The van der Waals surface area contributed by atoms with E-state index < -0.39 is 10.0 Å². The number of carbonyl (C=O) groups excluding carboxylic acids is 1. The lowest BCUT2D eigenvalue weighted by molar-refractivity contribution is -0.126. The van der Waals surface area contributed by atoms with E-state index in [4.69, 9.17) is 0 Å². The average molecular weight is 420 g/mol. The highest BCUT2D eigenvalue weighted by Gasteiger charge is 2.33. The van der Waals surface area contributed by atoms with Crippen LogP contribution in [0.15, 0.2) is 47.9 Å². The molecule has 1 aliphatic rings. The molecule has 1 amide bonds. The summed E-state index contributed by atoms with van der Waals surface area (Å²) in [6, 6.07) is 10.2. The number of amides is 1. The van der Waals surface area contributed by atoms with Crippen LogP contribution in [-0.2, 0) is 14.8 Å². The molecule has 1 saturated heterocycles. The second-order valence-corrected chi connectivity index (χ2v) is 9.08. The minimum atomic E-state index is -3.63. The molecule has 1 aromatic carbocycles. The summed E-state index contributed by atoms with van der Waals surface area (Å²) in [4.78, 5) is 21.3. The number of aromatic amines is 1. The molecule has 3 rings (SSSR count). The van der Waals surface area contributed by atoms with Gasteiger partial charge in [0.15, 0.2) is 5.03 Å². The molecule has 0 spiro atoms. The van der Waals surface area contributed by atoms with Gasteiger partial charge in [-0.15, -0.1) is 0 Å². The molecule has 2 aromatic rings. The zero-order valence-corrected chi connectivity index (χ0v) is 17.6. The monoisotopic (exact) mass is 419 g/mol. The number of H-pyrrole nitrogens is 1. The predicted octanol–water partition coefficient (Wildman–Crippen LogP) is 1.84. The number of carbonyl (C=O) groups is 1. The summed E-state index contributed by atoms with van der Waals surface area (Å²) in [6.45, 7) is 5.08. The van der Waals surface area contributed by atoms with E-state index in [0.29, 0.717) is 25.9 Å². The van der Waals surface area contributed by atoms with Gasteiger partial charge in [0.1, 0.15) is 0 Å². The van der Waals surface area contributed by atoms with Crippen molar-refractivity contribution in [3.05, 3.63) is 42.9 Å². The zero-order valence-electron chi connectivity index (χ0n) is 16.8. The summed E-state index contributed by atoms with van der Waals surface area (Å²) in [6.07, 6.45) is 4.84. The number of nitrogens with one attached hydrogen (secondary N) is 2. The summed E-state index contributed by atoms with van der Waals surface area (Å²) in [5.74, 6) is -0.393. The summed E-state index contributed by atoms with van der Waals surface area (Å²) in [5.41, 5.74) is 1.17. The third-order valence-corrected chi connectivity index (χ3v) is 7.04. The molecule has 0 radical (unpaired) electrons. The molecule has 1 fully saturated rings. The number of benzene rings is 1. The van der Waals surface area contributed by atoms with Gasteiger partial charge >= 0.3 is 0 Å². The molecule has 29 heavy (non-hydrogen) atoms. The lowest BCUT2D eigenvalue weighted by atomic mass is 9.99. The number of anilines is 1. The first kappa shape index (κ1) is 21.3. The van der Waals surface area contributed by atoms with Crippen molar-refractivity contribution < 1.29 is 13.2 Å². The Kier molecular flexibility index (Phi) is 7.27. The van der Waals surface area contributed by atoms with E-state index in [0.717, 1.165) is 19.5 Å². The standard InChI is InChI=1S/C20H29N5O3S/c1-2-24(18-9-4-3-5-10-18)12-7-11-22-20(26)17-8-6-13-25(15-17)29(27,28)19-14-21-16-23-19/h3-5,9-10,14,16-17H,2,6-8,11-13,15H2,1H3,(H,21,23)(H,22,26)/t17-/m1/s1. The van der Waals surface area contributed by atoms with Gasteiger partial charge in [-0.1, -0.05) is 18.2 Å². The van der Waals surface area contributed by atoms with Crippen LogP contribution in [0.5, 0.6) is 0 Å². The summed E-state index contributed by atoms with van der Waals surface area (Å²) < 4.78 is 26.7. The van der Waals surface area contributed by atoms with Crippen LogP contribution < -0.4 is 10.2 Å². The van der Waals surface area contributed by atoms with E-state index in [1.54, 1.807) is 0 Å². The van der Waals surface area contributed by atoms with Gasteiger partial charge in [0.2, 0.25) is 5.91 Å². The van der Waals surface area contributed by atoms with E-state index in [1.165, 1.54) is 22.5 Å². The van der Waals surface area contributed by atoms with E-state index >= 15 is 0 Å². The maximum atomic E-state index is 12.6. The van der Waals surface area contributed by atoms with Gasteiger partial charge in [-0.2, -0.15) is 4.31 Å². The summed E-state index contributed by atoms with van der Waals surface area (Å²) in [7, 11) is -3.63. The Hall–Kier alpha value is -2.39. The largest absolute Gasteiger partial charge is 0.372 e. The normalized spacial score (nSPS) is 17.8. The number of aromatic nitrogens is 2. The number of sulfonamides is 1. The Bertz CT molecular complexity index is 871. The fourth-order valence-electron chi connectivity index (χ4n) is 3.63. The van der Waals surface area contributed by atoms with Crippen LogP contribution in [0.3, 0.4) is 0 Å². The van der Waals surface area contributed by atoms with E-state index in [9.17, 15) is 13.2 Å². The molecule has 9 heteroatoms. The fourth-order valence-corrected chi connectivity index (χ4v) is 5.05. The molecule has 8 nitrogen and oxygen atoms in total. The minimum absolute atomic E-state index is 0.0686. The molecule has 1 aromatic heterocycles. The number of hydrogen-bond acceptors (Lipinski definition) is 5. The van der Waals surface area contributed by atoms with E-state index in [-0.39, 0.29) is 23.4 Å². The van der Waals surface area contributed by atoms with Crippen LogP contribution in [0.4, 0.5) is 5.69 Å². The predicted molar refractivity (Wildman–Crippen MR) is 112 cm³/mol. The Morgan fingerprint density at radius 2 is 2.14 bits per heavy atom. The van der Waals surface area contributed by atoms with Crippen molar-refractivity contribution in [2.75, 3.05) is 37.6 Å². The molecule has 1 atom stereocenters. The first-order valence-corrected chi connectivity index (χ1v) is 11.5. The number of imidazole rings is 1. The molecule has 0 unspecified atom stereocenters. The van der Waals surface area contributed by atoms with Crippen molar-refractivity contribution in [2.45, 2.75) is 31.2 Å². The lowest BCUT2D eigenvalue weighted by Crippen LogP contribution is -2.45. The fraction of sp³-hybridized carbons (Fsp3) is 0.500. The molecular formula is C20H29N5O3S. The quantitative estimate of drug-likeness (QED) is 0.605. The first-order chi connectivity index (χ1) is 14.0. The molecule has 2 N–H and O–H groups in total. The smallest absolute Gasteiger partial charge is 0.260 e. The Morgan fingerprint density at radius 1 is 1.34 bits per heavy atom. The number of hydrogen-bond donors (Lipinski definition) is 2. The second kappa shape index (κ2) is 9.89. The van der Waals surface area contributed by atoms with Crippen LogP contribution in [0, 0.1) is 5.92 Å². The Labute approximate surface area is 172 Å². The third kappa shape index (κ3) is 5.36. The molecule has 1 aliphatic heterocycles. The van der Waals surface area contributed by atoms with Crippen molar-refractivity contribution >= 4 is 21.6 Å². The lowest BCUT2D eigenvalue weighted by Gasteiger charge is -2.30. The van der Waals surface area contributed by atoms with Gasteiger partial charge in [-0.05, 0) is 38.3 Å². The molecule has 158 valence electrons. The Morgan fingerprint density at radius 3 is 2.83 bits per heavy atom. The van der Waals surface area contributed by atoms with Crippen LogP contribution in [0.2, 0.25) is 0 Å². The Balaban J connectivity index is 1.47. The van der Waals surface area contributed by atoms with Crippen LogP contribution in [0.1, 0.15) is 26.2 Å². The molecule has 0 bridgehead atoms. The van der Waals surface area contributed by atoms with Crippen LogP contribution in [-0.4, -0.2) is 61.3 Å². The van der Waals surface area contributed by atoms with Crippen molar-refractivity contribution in [3.63, 3.8) is 0 Å². The van der Waals surface area contributed by atoms with Gasteiger partial charge in [0, 0.05) is 38.4 Å². The number of piperidine rings is 1. The maximum absolute atomic E-state index is 12.6. The SMILES string of the molecule is CCN(CCCNC(=O)[C@@H]1CCCN(S(=O)(=O)c2cnc[nH]2)C1)c1ccccc1. The zero-order chi connectivity index (χ0) is 20.7. The van der Waals surface area contributed by atoms with Gasteiger partial charge in [-0.25, -0.2) is 13.4 Å². The van der Waals surface area contributed by atoms with Gasteiger partial charge < -0.3 is 15.2 Å². The summed E-state index contributed by atoms with van der Waals surface area (Å²) in [5, 5.41) is 3.05. The van der Waals surface area contributed by atoms with Gasteiger partial charge in [0.05, 0.1) is 18.4 Å².